The van der Waals surface area contributed by atoms with Crippen molar-refractivity contribution in [3.63, 3.8) is 0 Å². The summed E-state index contributed by atoms with van der Waals surface area (Å²) in [4.78, 5) is 0. The first-order chi connectivity index (χ1) is 8.22. The molecule has 9 heteroatoms. The molecule has 0 amide bonds. The lowest BCUT2D eigenvalue weighted by Gasteiger charge is -2.13. The molecule has 1 aliphatic heterocycles. The number of halogens is 4. The molecule has 1 aliphatic rings. The quantitative estimate of drug-likeness (QED) is 0.622. The summed E-state index contributed by atoms with van der Waals surface area (Å²) in [6, 6.07) is 2.80. The van der Waals surface area contributed by atoms with Crippen LogP contribution >= 0.6 is 11.6 Å². The highest BCUT2D eigenvalue weighted by Crippen LogP contribution is 2.38. The van der Waals surface area contributed by atoms with Crippen molar-refractivity contribution in [1.29, 1.82) is 0 Å². The van der Waals surface area contributed by atoms with Gasteiger partial charge in [0.25, 0.3) is 0 Å². The minimum atomic E-state index is -5.73. The van der Waals surface area contributed by atoms with Crippen molar-refractivity contribution in [1.82, 2.24) is 0 Å². The first-order valence-corrected chi connectivity index (χ1v) is 6.40. The van der Waals surface area contributed by atoms with Gasteiger partial charge in [0.05, 0.1) is 18.2 Å². The molecule has 0 bridgehead atoms. The van der Waals surface area contributed by atoms with Gasteiger partial charge in [-0.1, -0.05) is 17.7 Å². The number of alkyl halides is 3. The van der Waals surface area contributed by atoms with Gasteiger partial charge in [0.15, 0.2) is 5.75 Å². The van der Waals surface area contributed by atoms with Gasteiger partial charge in [0.2, 0.25) is 0 Å². The second-order valence-corrected chi connectivity index (χ2v) is 5.44. The van der Waals surface area contributed by atoms with Crippen LogP contribution in [0.5, 0.6) is 5.75 Å². The molecule has 0 saturated carbocycles. The summed E-state index contributed by atoms with van der Waals surface area (Å²) in [5.74, 6) is -0.524. The lowest BCUT2D eigenvalue weighted by atomic mass is 10.1. The van der Waals surface area contributed by atoms with Gasteiger partial charge in [-0.25, -0.2) is 0 Å². The molecule has 1 heterocycles. The third-order valence-electron chi connectivity index (χ3n) is 2.29. The van der Waals surface area contributed by atoms with Crippen LogP contribution in [0.4, 0.5) is 13.2 Å². The number of fused-ring (bicyclic) bond motifs is 1. The number of hydrogen-bond donors (Lipinski definition) is 0. The summed E-state index contributed by atoms with van der Waals surface area (Å²) in [6.45, 7) is 0.132. The van der Waals surface area contributed by atoms with Crippen LogP contribution in [0.15, 0.2) is 12.1 Å². The molecule has 4 nitrogen and oxygen atoms in total. The maximum atomic E-state index is 12.2. The lowest BCUT2D eigenvalue weighted by Crippen LogP contribution is -2.28. The number of rotatable bonds is 2. The van der Waals surface area contributed by atoms with Crippen molar-refractivity contribution in [2.45, 2.75) is 18.7 Å². The van der Waals surface area contributed by atoms with Crippen LogP contribution in [-0.2, 0) is 28.1 Å². The van der Waals surface area contributed by atoms with E-state index in [0.717, 1.165) is 0 Å². The normalized spacial score (nSPS) is 15.6. The molecule has 0 unspecified atom stereocenters. The number of benzene rings is 1. The number of ether oxygens (including phenoxy) is 1. The molecule has 0 saturated heterocycles. The third-order valence-corrected chi connectivity index (χ3v) is 3.54. The standard InChI is InChI=1S/C9H6ClF3O4S/c10-7-2-1-5-3-16-4-6(5)8(7)17-18(14,15)9(11,12)13/h1-2H,3-4H2. The Morgan fingerprint density at radius 3 is 2.56 bits per heavy atom. The fourth-order valence-electron chi connectivity index (χ4n) is 1.44. The summed E-state index contributed by atoms with van der Waals surface area (Å²) in [5.41, 5.74) is -4.74. The zero-order valence-corrected chi connectivity index (χ0v) is 10.2. The summed E-state index contributed by atoms with van der Waals surface area (Å²) in [6.07, 6.45) is 0. The summed E-state index contributed by atoms with van der Waals surface area (Å²) in [7, 11) is -5.73. The van der Waals surface area contributed by atoms with Gasteiger partial charge in [-0.05, 0) is 11.6 Å². The molecule has 0 radical (unpaired) electrons. The van der Waals surface area contributed by atoms with Crippen molar-refractivity contribution >= 4 is 21.7 Å². The lowest BCUT2D eigenvalue weighted by molar-refractivity contribution is -0.0500. The van der Waals surface area contributed by atoms with Crippen LogP contribution < -0.4 is 4.18 Å². The molecule has 0 aromatic heterocycles. The van der Waals surface area contributed by atoms with E-state index in [4.69, 9.17) is 16.3 Å². The van der Waals surface area contributed by atoms with Gasteiger partial charge in [0, 0.05) is 5.56 Å². The van der Waals surface area contributed by atoms with E-state index >= 15 is 0 Å². The molecule has 0 aliphatic carbocycles. The molecule has 1 aromatic carbocycles. The van der Waals surface area contributed by atoms with Crippen LogP contribution in [0.1, 0.15) is 11.1 Å². The summed E-state index contributed by atoms with van der Waals surface area (Å²) >= 11 is 5.65. The average molecular weight is 303 g/mol. The maximum Gasteiger partial charge on any atom is 0.534 e. The van der Waals surface area contributed by atoms with Gasteiger partial charge in [-0.15, -0.1) is 0 Å². The van der Waals surface area contributed by atoms with Gasteiger partial charge in [-0.2, -0.15) is 21.6 Å². The summed E-state index contributed by atoms with van der Waals surface area (Å²) in [5, 5.41) is -0.216. The van der Waals surface area contributed by atoms with E-state index in [9.17, 15) is 21.6 Å². The molecule has 100 valence electrons. The Kier molecular flexibility index (Phi) is 3.20. The minimum Gasteiger partial charge on any atom is -0.374 e. The Labute approximate surface area is 105 Å². The van der Waals surface area contributed by atoms with E-state index in [1.54, 1.807) is 0 Å². The molecule has 2 rings (SSSR count). The van der Waals surface area contributed by atoms with E-state index in [2.05, 4.69) is 4.18 Å². The van der Waals surface area contributed by atoms with Gasteiger partial charge < -0.3 is 8.92 Å². The fraction of sp³-hybridized carbons (Fsp3) is 0.333. The molecule has 18 heavy (non-hydrogen) atoms. The van der Waals surface area contributed by atoms with E-state index in [1.807, 2.05) is 0 Å². The minimum absolute atomic E-state index is 0.0431. The van der Waals surface area contributed by atoms with E-state index in [0.29, 0.717) is 5.56 Å². The largest absolute Gasteiger partial charge is 0.534 e. The van der Waals surface area contributed by atoms with Crippen molar-refractivity contribution in [3.8, 4) is 5.75 Å². The van der Waals surface area contributed by atoms with Gasteiger partial charge >= 0.3 is 15.6 Å². The molecule has 1 aromatic rings. The van der Waals surface area contributed by atoms with Gasteiger partial charge in [0.1, 0.15) is 0 Å². The number of hydrogen-bond acceptors (Lipinski definition) is 4. The highest BCUT2D eigenvalue weighted by atomic mass is 35.5. The molecule has 0 atom stereocenters. The molecular formula is C9H6ClF3O4S. The average Bonchev–Trinajstić information content (AvgIpc) is 2.68. The SMILES string of the molecule is O=S(=O)(Oc1c(Cl)ccc2c1COC2)C(F)(F)F. The monoisotopic (exact) mass is 302 g/mol. The van der Waals surface area contributed by atoms with Crippen LogP contribution in [0.2, 0.25) is 5.02 Å². The highest BCUT2D eigenvalue weighted by molar-refractivity contribution is 7.88. The highest BCUT2D eigenvalue weighted by Gasteiger charge is 2.49. The van der Waals surface area contributed by atoms with Crippen LogP contribution in [0.3, 0.4) is 0 Å². The fourth-order valence-corrected chi connectivity index (χ4v) is 2.21. The van der Waals surface area contributed by atoms with Crippen molar-refractivity contribution in [2.24, 2.45) is 0 Å². The Balaban J connectivity index is 2.45. The first-order valence-electron chi connectivity index (χ1n) is 4.61. The Morgan fingerprint density at radius 2 is 1.94 bits per heavy atom. The predicted molar refractivity (Wildman–Crippen MR) is 55.5 cm³/mol. The van der Waals surface area contributed by atoms with Crippen LogP contribution in [-0.4, -0.2) is 13.9 Å². The zero-order valence-electron chi connectivity index (χ0n) is 8.62. The Morgan fingerprint density at radius 1 is 1.28 bits per heavy atom. The summed E-state index contributed by atoms with van der Waals surface area (Å²) < 4.78 is 67.6. The van der Waals surface area contributed by atoms with E-state index in [-0.39, 0.29) is 23.8 Å². The van der Waals surface area contributed by atoms with Crippen LogP contribution in [0.25, 0.3) is 0 Å². The molecule has 0 N–H and O–H groups in total. The Bertz CT molecular complexity index is 582. The molecule has 0 spiro atoms. The van der Waals surface area contributed by atoms with Crippen molar-refractivity contribution in [2.75, 3.05) is 0 Å². The second kappa shape index (κ2) is 4.29. The predicted octanol–water partition coefficient (Wildman–Crippen LogP) is 2.60. The maximum absolute atomic E-state index is 12.2. The molecular weight excluding hydrogens is 297 g/mol. The zero-order chi connectivity index (χ0) is 13.6. The van der Waals surface area contributed by atoms with E-state index in [1.165, 1.54) is 12.1 Å². The Hall–Kier alpha value is -0.990. The third kappa shape index (κ3) is 2.27. The topological polar surface area (TPSA) is 52.6 Å². The van der Waals surface area contributed by atoms with Crippen molar-refractivity contribution < 1.29 is 30.5 Å². The first kappa shape index (κ1) is 13.4. The smallest absolute Gasteiger partial charge is 0.374 e. The second-order valence-electron chi connectivity index (χ2n) is 3.49. The van der Waals surface area contributed by atoms with E-state index < -0.39 is 21.4 Å². The van der Waals surface area contributed by atoms with Crippen LogP contribution in [0, 0.1) is 0 Å². The van der Waals surface area contributed by atoms with Crippen molar-refractivity contribution in [3.05, 3.63) is 28.3 Å². The molecule has 0 fully saturated rings. The van der Waals surface area contributed by atoms with Gasteiger partial charge in [-0.3, -0.25) is 0 Å².